The number of sulfonamides is 1. The molecule has 0 unspecified atom stereocenters. The number of carbonyl (C=O) groups is 1. The molecule has 0 aliphatic rings. The number of amides is 1. The molecule has 0 aliphatic heterocycles. The SMILES string of the molecule is CC(C)c1ccc(NC(=O)CN(Cc2ccccc2)S(=O)(=O)c2ccc(Cl)cc2)cc1. The van der Waals surface area contributed by atoms with Gasteiger partial charge in [-0.25, -0.2) is 8.42 Å². The van der Waals surface area contributed by atoms with Crippen LogP contribution in [0.3, 0.4) is 0 Å². The lowest BCUT2D eigenvalue weighted by atomic mass is 10.0. The van der Waals surface area contributed by atoms with Crippen molar-refractivity contribution in [2.24, 2.45) is 0 Å². The van der Waals surface area contributed by atoms with Gasteiger partial charge in [-0.3, -0.25) is 4.79 Å². The Morgan fingerprint density at radius 2 is 1.55 bits per heavy atom. The highest BCUT2D eigenvalue weighted by Crippen LogP contribution is 2.21. The standard InChI is InChI=1S/C24H25ClN2O3S/c1-18(2)20-8-12-22(13-9-20)26-24(28)17-27(16-19-6-4-3-5-7-19)31(29,30)23-14-10-21(25)11-15-23/h3-15,18H,16-17H2,1-2H3,(H,26,28). The molecule has 0 aromatic heterocycles. The van der Waals surface area contributed by atoms with Crippen molar-refractivity contribution in [3.8, 4) is 0 Å². The number of benzene rings is 3. The van der Waals surface area contributed by atoms with E-state index in [1.165, 1.54) is 28.6 Å². The van der Waals surface area contributed by atoms with Gasteiger partial charge in [-0.2, -0.15) is 4.31 Å². The summed E-state index contributed by atoms with van der Waals surface area (Å²) in [5, 5.41) is 3.23. The van der Waals surface area contributed by atoms with Crippen LogP contribution in [-0.4, -0.2) is 25.2 Å². The molecule has 5 nitrogen and oxygen atoms in total. The maximum Gasteiger partial charge on any atom is 0.243 e. The van der Waals surface area contributed by atoms with E-state index in [4.69, 9.17) is 11.6 Å². The Morgan fingerprint density at radius 3 is 2.13 bits per heavy atom. The van der Waals surface area contributed by atoms with Gasteiger partial charge >= 0.3 is 0 Å². The second kappa shape index (κ2) is 10.1. The van der Waals surface area contributed by atoms with Crippen LogP contribution in [0.4, 0.5) is 5.69 Å². The number of hydrogen-bond acceptors (Lipinski definition) is 3. The lowest BCUT2D eigenvalue weighted by Gasteiger charge is -2.22. The van der Waals surface area contributed by atoms with Crippen molar-refractivity contribution in [3.05, 3.63) is 95.0 Å². The van der Waals surface area contributed by atoms with E-state index in [2.05, 4.69) is 19.2 Å². The first-order chi connectivity index (χ1) is 14.8. The van der Waals surface area contributed by atoms with E-state index < -0.39 is 15.9 Å². The Labute approximate surface area is 188 Å². The molecule has 0 heterocycles. The third kappa shape index (κ3) is 6.17. The van der Waals surface area contributed by atoms with Crippen molar-refractivity contribution >= 4 is 33.2 Å². The van der Waals surface area contributed by atoms with Crippen LogP contribution in [-0.2, 0) is 21.4 Å². The summed E-state index contributed by atoms with van der Waals surface area (Å²) in [6.07, 6.45) is 0. The summed E-state index contributed by atoms with van der Waals surface area (Å²) in [7, 11) is -3.91. The Bertz CT molecular complexity index is 1110. The molecule has 0 fully saturated rings. The number of nitrogens with one attached hydrogen (secondary N) is 1. The molecule has 0 atom stereocenters. The summed E-state index contributed by atoms with van der Waals surface area (Å²) in [5.74, 6) is -0.0265. The van der Waals surface area contributed by atoms with Gasteiger partial charge < -0.3 is 5.32 Å². The van der Waals surface area contributed by atoms with Crippen LogP contribution in [0.5, 0.6) is 0 Å². The Kier molecular flexibility index (Phi) is 7.49. The van der Waals surface area contributed by atoms with Gasteiger partial charge in [0, 0.05) is 17.3 Å². The molecule has 1 amide bonds. The molecule has 31 heavy (non-hydrogen) atoms. The van der Waals surface area contributed by atoms with Crippen LogP contribution in [0.2, 0.25) is 5.02 Å². The van der Waals surface area contributed by atoms with Crippen LogP contribution < -0.4 is 5.32 Å². The largest absolute Gasteiger partial charge is 0.325 e. The van der Waals surface area contributed by atoms with E-state index in [0.717, 1.165) is 11.1 Å². The number of carbonyl (C=O) groups excluding carboxylic acids is 1. The molecule has 0 radical (unpaired) electrons. The topological polar surface area (TPSA) is 66.5 Å². The van der Waals surface area contributed by atoms with E-state index in [0.29, 0.717) is 16.6 Å². The van der Waals surface area contributed by atoms with E-state index >= 15 is 0 Å². The van der Waals surface area contributed by atoms with Gasteiger partial charge in [0.05, 0.1) is 11.4 Å². The summed E-state index contributed by atoms with van der Waals surface area (Å²) in [6, 6.07) is 22.6. The Morgan fingerprint density at radius 1 is 0.935 bits per heavy atom. The molecule has 1 N–H and O–H groups in total. The summed E-state index contributed by atoms with van der Waals surface area (Å²) in [4.78, 5) is 12.8. The lowest BCUT2D eigenvalue weighted by molar-refractivity contribution is -0.116. The van der Waals surface area contributed by atoms with Crippen LogP contribution in [0.15, 0.2) is 83.8 Å². The highest BCUT2D eigenvalue weighted by atomic mass is 35.5. The van der Waals surface area contributed by atoms with Crippen molar-refractivity contribution < 1.29 is 13.2 Å². The minimum absolute atomic E-state index is 0.0749. The van der Waals surface area contributed by atoms with Gasteiger partial charge in [0.25, 0.3) is 0 Å². The predicted molar refractivity (Wildman–Crippen MR) is 125 cm³/mol. The maximum atomic E-state index is 13.3. The molecule has 3 aromatic rings. The number of hydrogen-bond donors (Lipinski definition) is 1. The van der Waals surface area contributed by atoms with Gasteiger partial charge in [-0.15, -0.1) is 0 Å². The minimum atomic E-state index is -3.91. The molecule has 0 aliphatic carbocycles. The molecule has 7 heteroatoms. The molecule has 0 spiro atoms. The summed E-state index contributed by atoms with van der Waals surface area (Å²) >= 11 is 5.90. The van der Waals surface area contributed by atoms with E-state index in [1.807, 2.05) is 54.6 Å². The average Bonchev–Trinajstić information content (AvgIpc) is 2.74. The van der Waals surface area contributed by atoms with Crippen LogP contribution >= 0.6 is 11.6 Å². The molecule has 162 valence electrons. The number of anilines is 1. The van der Waals surface area contributed by atoms with Crippen molar-refractivity contribution in [1.29, 1.82) is 0 Å². The van der Waals surface area contributed by atoms with Gasteiger partial charge in [-0.05, 0) is 53.4 Å². The first kappa shape index (κ1) is 23.0. The first-order valence-corrected chi connectivity index (χ1v) is 11.8. The van der Waals surface area contributed by atoms with Crippen LogP contribution in [0.25, 0.3) is 0 Å². The van der Waals surface area contributed by atoms with Crippen molar-refractivity contribution in [1.82, 2.24) is 4.31 Å². The normalized spacial score (nSPS) is 11.6. The van der Waals surface area contributed by atoms with Gasteiger partial charge in [0.2, 0.25) is 15.9 Å². The third-order valence-electron chi connectivity index (χ3n) is 4.83. The molecule has 0 saturated carbocycles. The summed E-state index contributed by atoms with van der Waals surface area (Å²) in [5.41, 5.74) is 2.57. The van der Waals surface area contributed by atoms with Gasteiger partial charge in [0.1, 0.15) is 0 Å². The fourth-order valence-corrected chi connectivity index (χ4v) is 4.59. The quantitative estimate of drug-likeness (QED) is 0.500. The molecule has 0 saturated heterocycles. The summed E-state index contributed by atoms with van der Waals surface area (Å²) in [6.45, 7) is 3.95. The zero-order valence-corrected chi connectivity index (χ0v) is 19.0. The van der Waals surface area contributed by atoms with Crippen molar-refractivity contribution in [2.45, 2.75) is 31.2 Å². The fourth-order valence-electron chi connectivity index (χ4n) is 3.08. The highest BCUT2D eigenvalue weighted by molar-refractivity contribution is 7.89. The van der Waals surface area contributed by atoms with Gasteiger partial charge in [0.15, 0.2) is 0 Å². The van der Waals surface area contributed by atoms with Crippen molar-refractivity contribution in [2.75, 3.05) is 11.9 Å². The van der Waals surface area contributed by atoms with Crippen LogP contribution in [0, 0.1) is 0 Å². The second-order valence-corrected chi connectivity index (χ2v) is 9.91. The zero-order valence-electron chi connectivity index (χ0n) is 17.5. The van der Waals surface area contributed by atoms with E-state index in [-0.39, 0.29) is 18.0 Å². The Balaban J connectivity index is 1.82. The second-order valence-electron chi connectivity index (χ2n) is 7.54. The number of rotatable bonds is 8. The van der Waals surface area contributed by atoms with Gasteiger partial charge in [-0.1, -0.05) is 67.9 Å². The minimum Gasteiger partial charge on any atom is -0.325 e. The van der Waals surface area contributed by atoms with Crippen molar-refractivity contribution in [3.63, 3.8) is 0 Å². The molecule has 3 rings (SSSR count). The first-order valence-electron chi connectivity index (χ1n) is 9.95. The van der Waals surface area contributed by atoms with E-state index in [9.17, 15) is 13.2 Å². The molecular formula is C24H25ClN2O3S. The lowest BCUT2D eigenvalue weighted by Crippen LogP contribution is -2.37. The van der Waals surface area contributed by atoms with E-state index in [1.54, 1.807) is 0 Å². The highest BCUT2D eigenvalue weighted by Gasteiger charge is 2.27. The Hall–Kier alpha value is -2.67. The van der Waals surface area contributed by atoms with Crippen LogP contribution in [0.1, 0.15) is 30.9 Å². The smallest absolute Gasteiger partial charge is 0.243 e. The third-order valence-corrected chi connectivity index (χ3v) is 6.89. The fraction of sp³-hybridized carbons (Fsp3) is 0.208. The molecule has 0 bridgehead atoms. The average molecular weight is 457 g/mol. The number of nitrogens with zero attached hydrogens (tertiary/aromatic N) is 1. The monoisotopic (exact) mass is 456 g/mol. The molecular weight excluding hydrogens is 432 g/mol. The number of halogens is 1. The maximum absolute atomic E-state index is 13.3. The summed E-state index contributed by atoms with van der Waals surface area (Å²) < 4.78 is 27.7. The zero-order chi connectivity index (χ0) is 22.4. The predicted octanol–water partition coefficient (Wildman–Crippen LogP) is 5.29. The molecule has 3 aromatic carbocycles.